The Bertz CT molecular complexity index is 1040. The van der Waals surface area contributed by atoms with E-state index in [-0.39, 0.29) is 0 Å². The molecule has 0 aliphatic carbocycles. The summed E-state index contributed by atoms with van der Waals surface area (Å²) in [6.45, 7) is 0. The van der Waals surface area contributed by atoms with Crippen LogP contribution in [0.3, 0.4) is 0 Å². The molecule has 0 spiro atoms. The zero-order valence-corrected chi connectivity index (χ0v) is 14.9. The molecule has 3 heteroatoms. The molecule has 26 heavy (non-hydrogen) atoms. The Labute approximate surface area is 153 Å². The number of oxazole rings is 1. The van der Waals surface area contributed by atoms with E-state index in [4.69, 9.17) is 4.42 Å². The predicted octanol–water partition coefficient (Wildman–Crippen LogP) is 5.73. The fourth-order valence-electron chi connectivity index (χ4n) is 2.88. The molecule has 0 radical (unpaired) electrons. The number of anilines is 1. The number of rotatable bonds is 4. The predicted molar refractivity (Wildman–Crippen MR) is 109 cm³/mol. The molecule has 0 bridgehead atoms. The Hall–Kier alpha value is -3.33. The van der Waals surface area contributed by atoms with E-state index in [1.165, 1.54) is 11.3 Å². The highest BCUT2D eigenvalue weighted by atomic mass is 16.3. The van der Waals surface area contributed by atoms with Crippen LogP contribution in [0.15, 0.2) is 77.2 Å². The molecule has 128 valence electrons. The van der Waals surface area contributed by atoms with E-state index in [0.717, 1.165) is 22.2 Å². The van der Waals surface area contributed by atoms with Crippen molar-refractivity contribution in [2.45, 2.75) is 0 Å². The van der Waals surface area contributed by atoms with E-state index < -0.39 is 0 Å². The first-order valence-corrected chi connectivity index (χ1v) is 8.60. The van der Waals surface area contributed by atoms with Crippen molar-refractivity contribution in [1.29, 1.82) is 0 Å². The van der Waals surface area contributed by atoms with E-state index in [2.05, 4.69) is 58.4 Å². The monoisotopic (exact) mass is 340 g/mol. The van der Waals surface area contributed by atoms with Crippen molar-refractivity contribution in [1.82, 2.24) is 4.98 Å². The molecule has 0 saturated heterocycles. The minimum Gasteiger partial charge on any atom is -0.437 e. The molecule has 0 amide bonds. The van der Waals surface area contributed by atoms with Gasteiger partial charge in [-0.25, -0.2) is 4.98 Å². The number of benzene rings is 3. The van der Waals surface area contributed by atoms with Gasteiger partial charge in [-0.15, -0.1) is 0 Å². The summed E-state index contributed by atoms with van der Waals surface area (Å²) < 4.78 is 5.84. The molecule has 3 aromatic carbocycles. The molecule has 0 aliphatic heterocycles. The van der Waals surface area contributed by atoms with Gasteiger partial charge in [0.2, 0.25) is 5.89 Å². The standard InChI is InChI=1S/C23H20N2O/c1-25(2)20-12-8-17(9-13-20)10-15-23-24-21-16-19(11-14-22(21)26-23)18-6-4-3-5-7-18/h3-16H,1-2H3/b15-10+. The molecule has 0 atom stereocenters. The molecule has 1 heterocycles. The average Bonchev–Trinajstić information content (AvgIpc) is 3.09. The first-order valence-electron chi connectivity index (χ1n) is 8.60. The molecule has 0 aliphatic rings. The van der Waals surface area contributed by atoms with Gasteiger partial charge in [0.05, 0.1) is 0 Å². The van der Waals surface area contributed by atoms with Crippen LogP contribution in [0.4, 0.5) is 5.69 Å². The minimum absolute atomic E-state index is 0.613. The lowest BCUT2D eigenvalue weighted by Gasteiger charge is -2.11. The van der Waals surface area contributed by atoms with Crippen molar-refractivity contribution in [3.8, 4) is 11.1 Å². The molecular weight excluding hydrogens is 320 g/mol. The third-order valence-electron chi connectivity index (χ3n) is 4.34. The lowest BCUT2D eigenvalue weighted by Crippen LogP contribution is -2.07. The molecule has 0 unspecified atom stereocenters. The quantitative estimate of drug-likeness (QED) is 0.475. The number of aromatic nitrogens is 1. The average molecular weight is 340 g/mol. The Morgan fingerprint density at radius 2 is 1.58 bits per heavy atom. The maximum atomic E-state index is 5.84. The van der Waals surface area contributed by atoms with Crippen LogP contribution in [0.5, 0.6) is 0 Å². The summed E-state index contributed by atoms with van der Waals surface area (Å²) in [5.74, 6) is 0.613. The topological polar surface area (TPSA) is 29.3 Å². The zero-order valence-electron chi connectivity index (χ0n) is 14.9. The molecule has 4 aromatic rings. The normalized spacial score (nSPS) is 11.3. The zero-order chi connectivity index (χ0) is 17.9. The fourth-order valence-corrected chi connectivity index (χ4v) is 2.88. The van der Waals surface area contributed by atoms with Crippen molar-refractivity contribution < 1.29 is 4.42 Å². The molecule has 4 rings (SSSR count). The van der Waals surface area contributed by atoms with E-state index in [1.807, 2.05) is 50.5 Å². The Morgan fingerprint density at radius 3 is 2.31 bits per heavy atom. The van der Waals surface area contributed by atoms with Crippen molar-refractivity contribution in [3.63, 3.8) is 0 Å². The third-order valence-corrected chi connectivity index (χ3v) is 4.34. The summed E-state index contributed by atoms with van der Waals surface area (Å²) >= 11 is 0. The largest absolute Gasteiger partial charge is 0.437 e. The number of hydrogen-bond acceptors (Lipinski definition) is 3. The molecule has 3 nitrogen and oxygen atoms in total. The van der Waals surface area contributed by atoms with Crippen LogP contribution in [0.2, 0.25) is 0 Å². The Morgan fingerprint density at radius 1 is 0.808 bits per heavy atom. The molecule has 0 saturated carbocycles. The summed E-state index contributed by atoms with van der Waals surface area (Å²) in [5, 5.41) is 0. The van der Waals surface area contributed by atoms with Crippen LogP contribution < -0.4 is 4.90 Å². The van der Waals surface area contributed by atoms with E-state index in [1.54, 1.807) is 0 Å². The summed E-state index contributed by atoms with van der Waals surface area (Å²) in [4.78, 5) is 6.68. The van der Waals surface area contributed by atoms with Gasteiger partial charge in [0, 0.05) is 25.9 Å². The smallest absolute Gasteiger partial charge is 0.220 e. The van der Waals surface area contributed by atoms with Crippen molar-refractivity contribution >= 4 is 28.9 Å². The van der Waals surface area contributed by atoms with Crippen molar-refractivity contribution in [2.24, 2.45) is 0 Å². The first kappa shape index (κ1) is 16.2. The van der Waals surface area contributed by atoms with Crippen LogP contribution in [-0.2, 0) is 0 Å². The van der Waals surface area contributed by atoms with E-state index in [0.29, 0.717) is 5.89 Å². The van der Waals surface area contributed by atoms with Gasteiger partial charge in [-0.1, -0.05) is 48.5 Å². The lowest BCUT2D eigenvalue weighted by molar-refractivity contribution is 0.590. The maximum absolute atomic E-state index is 5.84. The number of nitrogens with zero attached hydrogens (tertiary/aromatic N) is 2. The minimum atomic E-state index is 0.613. The van der Waals surface area contributed by atoms with Gasteiger partial charge in [0.25, 0.3) is 0 Å². The number of hydrogen-bond donors (Lipinski definition) is 0. The highest BCUT2D eigenvalue weighted by Crippen LogP contribution is 2.25. The summed E-state index contributed by atoms with van der Waals surface area (Å²) in [7, 11) is 4.07. The van der Waals surface area contributed by atoms with E-state index >= 15 is 0 Å². The van der Waals surface area contributed by atoms with Crippen LogP contribution in [0, 0.1) is 0 Å². The second kappa shape index (κ2) is 6.89. The van der Waals surface area contributed by atoms with Gasteiger partial charge < -0.3 is 9.32 Å². The molecular formula is C23H20N2O. The van der Waals surface area contributed by atoms with Crippen LogP contribution in [-0.4, -0.2) is 19.1 Å². The van der Waals surface area contributed by atoms with Gasteiger partial charge in [-0.05, 0) is 47.0 Å². The second-order valence-corrected chi connectivity index (χ2v) is 6.42. The molecule has 0 N–H and O–H groups in total. The highest BCUT2D eigenvalue weighted by molar-refractivity contribution is 5.82. The van der Waals surface area contributed by atoms with Gasteiger partial charge in [0.1, 0.15) is 5.52 Å². The second-order valence-electron chi connectivity index (χ2n) is 6.42. The fraction of sp³-hybridized carbons (Fsp3) is 0.0870. The molecule has 0 fully saturated rings. The Balaban J connectivity index is 1.59. The lowest BCUT2D eigenvalue weighted by atomic mass is 10.1. The first-order chi connectivity index (χ1) is 12.7. The van der Waals surface area contributed by atoms with Gasteiger partial charge in [0.15, 0.2) is 5.58 Å². The van der Waals surface area contributed by atoms with Gasteiger partial charge in [-0.3, -0.25) is 0 Å². The van der Waals surface area contributed by atoms with Crippen molar-refractivity contribution in [2.75, 3.05) is 19.0 Å². The maximum Gasteiger partial charge on any atom is 0.220 e. The molecule has 1 aromatic heterocycles. The SMILES string of the molecule is CN(C)c1ccc(/C=C/c2nc3cc(-c4ccccc4)ccc3o2)cc1. The third kappa shape index (κ3) is 3.38. The summed E-state index contributed by atoms with van der Waals surface area (Å²) in [6, 6.07) is 24.8. The van der Waals surface area contributed by atoms with Crippen LogP contribution in [0.1, 0.15) is 11.5 Å². The van der Waals surface area contributed by atoms with Crippen molar-refractivity contribution in [3.05, 3.63) is 84.3 Å². The Kier molecular flexibility index (Phi) is 4.28. The van der Waals surface area contributed by atoms with Gasteiger partial charge >= 0.3 is 0 Å². The highest BCUT2D eigenvalue weighted by Gasteiger charge is 2.05. The van der Waals surface area contributed by atoms with Crippen LogP contribution >= 0.6 is 0 Å². The summed E-state index contributed by atoms with van der Waals surface area (Å²) in [5.41, 5.74) is 6.28. The number of fused-ring (bicyclic) bond motifs is 1. The van der Waals surface area contributed by atoms with Gasteiger partial charge in [-0.2, -0.15) is 0 Å². The summed E-state index contributed by atoms with van der Waals surface area (Å²) in [6.07, 6.45) is 3.93. The van der Waals surface area contributed by atoms with E-state index in [9.17, 15) is 0 Å². The van der Waals surface area contributed by atoms with Crippen LogP contribution in [0.25, 0.3) is 34.4 Å².